The van der Waals surface area contributed by atoms with Crippen molar-refractivity contribution in [1.82, 2.24) is 0 Å². The van der Waals surface area contributed by atoms with Gasteiger partial charge in [-0.15, -0.1) is 0 Å². The number of carboxylic acids is 2. The number of ether oxygens (including phenoxy) is 1. The van der Waals surface area contributed by atoms with Crippen LogP contribution < -0.4 is 0 Å². The molecule has 1 aliphatic heterocycles. The van der Waals surface area contributed by atoms with E-state index < -0.39 is 34.7 Å². The molecule has 2 fully saturated rings. The molecule has 7 nitrogen and oxygen atoms in total. The van der Waals surface area contributed by atoms with Crippen LogP contribution in [0.15, 0.2) is 0 Å². The van der Waals surface area contributed by atoms with E-state index in [1.165, 1.54) is 0 Å². The summed E-state index contributed by atoms with van der Waals surface area (Å²) in [4.78, 5) is 44.0. The molecule has 0 unspecified atom stereocenters. The number of esters is 2. The van der Waals surface area contributed by atoms with E-state index in [1.54, 1.807) is 0 Å². The van der Waals surface area contributed by atoms with Gasteiger partial charge in [-0.05, 0) is 12.8 Å². The van der Waals surface area contributed by atoms with Crippen LogP contribution >= 0.6 is 0 Å². The Morgan fingerprint density at radius 2 is 1.53 bits per heavy atom. The zero-order valence-electron chi connectivity index (χ0n) is 7.35. The molecule has 0 aromatic heterocycles. The van der Waals surface area contributed by atoms with Crippen molar-refractivity contribution in [3.8, 4) is 0 Å². The van der Waals surface area contributed by atoms with E-state index in [4.69, 9.17) is 10.2 Å². The molecule has 80 valence electrons. The van der Waals surface area contributed by atoms with Crippen LogP contribution in [0.25, 0.3) is 0 Å². The number of carbonyl (C=O) groups is 4. The molecule has 15 heavy (non-hydrogen) atoms. The van der Waals surface area contributed by atoms with Gasteiger partial charge in [0, 0.05) is 0 Å². The number of hydrogen-bond donors (Lipinski definition) is 2. The molecule has 1 saturated heterocycles. The number of cyclic esters (lactones) is 2. The Balaban J connectivity index is 2.53. The van der Waals surface area contributed by atoms with E-state index in [0.29, 0.717) is 0 Å². The molecule has 2 aliphatic rings. The van der Waals surface area contributed by atoms with Crippen molar-refractivity contribution in [2.75, 3.05) is 0 Å². The van der Waals surface area contributed by atoms with Gasteiger partial charge in [-0.1, -0.05) is 0 Å². The van der Waals surface area contributed by atoms with Gasteiger partial charge in [0.2, 0.25) is 0 Å². The standard InChI is InChI=1S/C8H6O7/c9-3(10)7(4(11)12)1-2-8(7)5(13)15-6(8)14/h1-2H2,(H,9,10)(H,11,12). The lowest BCUT2D eigenvalue weighted by Crippen LogP contribution is -2.74. The van der Waals surface area contributed by atoms with Gasteiger partial charge in [0.25, 0.3) is 0 Å². The minimum atomic E-state index is -2.33. The minimum Gasteiger partial charge on any atom is -0.480 e. The SMILES string of the molecule is O=C(O)C1(C(=O)O)CCC12C(=O)OC2=O. The lowest BCUT2D eigenvalue weighted by molar-refractivity contribution is -0.235. The van der Waals surface area contributed by atoms with Crippen molar-refractivity contribution in [3.63, 3.8) is 0 Å². The maximum atomic E-state index is 11.1. The van der Waals surface area contributed by atoms with Crippen LogP contribution in [-0.4, -0.2) is 34.1 Å². The van der Waals surface area contributed by atoms with Crippen molar-refractivity contribution >= 4 is 23.9 Å². The Bertz CT molecular complexity index is 379. The molecule has 0 amide bonds. The van der Waals surface area contributed by atoms with Gasteiger partial charge < -0.3 is 14.9 Å². The Hall–Kier alpha value is -1.92. The topological polar surface area (TPSA) is 118 Å². The fraction of sp³-hybridized carbons (Fsp3) is 0.500. The van der Waals surface area contributed by atoms with Crippen LogP contribution in [0.3, 0.4) is 0 Å². The van der Waals surface area contributed by atoms with Gasteiger partial charge in [-0.2, -0.15) is 0 Å². The number of hydrogen-bond acceptors (Lipinski definition) is 5. The van der Waals surface area contributed by atoms with Crippen LogP contribution in [0, 0.1) is 10.8 Å². The average molecular weight is 214 g/mol. The molecule has 7 heteroatoms. The molecule has 0 atom stereocenters. The summed E-state index contributed by atoms with van der Waals surface area (Å²) < 4.78 is 4.05. The second-order valence-corrected chi connectivity index (χ2v) is 3.60. The third-order valence-electron chi connectivity index (χ3n) is 3.22. The predicted molar refractivity (Wildman–Crippen MR) is 40.5 cm³/mol. The molecule has 2 rings (SSSR count). The summed E-state index contributed by atoms with van der Waals surface area (Å²) in [7, 11) is 0. The highest BCUT2D eigenvalue weighted by Gasteiger charge is 2.83. The molecule has 0 bridgehead atoms. The van der Waals surface area contributed by atoms with E-state index in [0.717, 1.165) is 0 Å². The zero-order chi connectivity index (χ0) is 11.4. The molecule has 0 aromatic rings. The third-order valence-corrected chi connectivity index (χ3v) is 3.22. The lowest BCUT2D eigenvalue weighted by Gasteiger charge is -2.53. The molecule has 1 spiro atoms. The monoisotopic (exact) mass is 214 g/mol. The predicted octanol–water partition coefficient (Wildman–Crippen LogP) is -0.994. The largest absolute Gasteiger partial charge is 0.480 e. The Morgan fingerprint density at radius 3 is 1.67 bits per heavy atom. The summed E-state index contributed by atoms with van der Waals surface area (Å²) in [6.45, 7) is 0. The van der Waals surface area contributed by atoms with E-state index >= 15 is 0 Å². The van der Waals surface area contributed by atoms with Gasteiger partial charge in [-0.3, -0.25) is 19.2 Å². The summed E-state index contributed by atoms with van der Waals surface area (Å²) in [5.41, 5.74) is -4.32. The summed E-state index contributed by atoms with van der Waals surface area (Å²) in [5, 5.41) is 17.7. The molecule has 2 N–H and O–H groups in total. The molecule has 1 saturated carbocycles. The van der Waals surface area contributed by atoms with Crippen molar-refractivity contribution in [2.45, 2.75) is 12.8 Å². The summed E-state index contributed by atoms with van der Waals surface area (Å²) in [6, 6.07) is 0. The van der Waals surface area contributed by atoms with Crippen molar-refractivity contribution in [3.05, 3.63) is 0 Å². The smallest absolute Gasteiger partial charge is 0.333 e. The molecular formula is C8H6O7. The second kappa shape index (κ2) is 2.36. The maximum Gasteiger partial charge on any atom is 0.333 e. The molecule has 0 aromatic carbocycles. The minimum absolute atomic E-state index is 0.0801. The van der Waals surface area contributed by atoms with E-state index in [-0.39, 0.29) is 12.8 Å². The number of carbonyl (C=O) groups excluding carboxylic acids is 2. The Morgan fingerprint density at radius 1 is 1.07 bits per heavy atom. The highest BCUT2D eigenvalue weighted by atomic mass is 16.6. The molecule has 1 aliphatic carbocycles. The first kappa shape index (κ1) is 9.63. The quantitative estimate of drug-likeness (QED) is 0.447. The normalized spacial score (nSPS) is 25.1. The number of carboxylic acid groups (broad SMARTS) is 2. The number of aliphatic carboxylic acids is 2. The molecular weight excluding hydrogens is 208 g/mol. The van der Waals surface area contributed by atoms with Gasteiger partial charge >= 0.3 is 23.9 Å². The first-order valence-electron chi connectivity index (χ1n) is 4.13. The van der Waals surface area contributed by atoms with Gasteiger partial charge in [0.05, 0.1) is 0 Å². The van der Waals surface area contributed by atoms with Crippen molar-refractivity contribution < 1.29 is 34.1 Å². The molecule has 1 heterocycles. The third kappa shape index (κ3) is 0.693. The second-order valence-electron chi connectivity index (χ2n) is 3.60. The zero-order valence-corrected chi connectivity index (χ0v) is 7.35. The van der Waals surface area contributed by atoms with Crippen LogP contribution in [0.2, 0.25) is 0 Å². The summed E-state index contributed by atoms with van der Waals surface area (Å²) >= 11 is 0. The maximum absolute atomic E-state index is 11.1. The van der Waals surface area contributed by atoms with E-state index in [1.807, 2.05) is 0 Å². The summed E-state index contributed by atoms with van der Waals surface area (Å²) in [5.74, 6) is -5.45. The highest BCUT2D eigenvalue weighted by Crippen LogP contribution is 2.62. The fourth-order valence-corrected chi connectivity index (χ4v) is 2.14. The first-order chi connectivity index (χ1) is 6.89. The number of rotatable bonds is 2. The summed E-state index contributed by atoms with van der Waals surface area (Å²) in [6.07, 6.45) is -0.318. The molecule has 0 radical (unpaired) electrons. The Kier molecular flexibility index (Phi) is 1.51. The first-order valence-corrected chi connectivity index (χ1v) is 4.13. The van der Waals surface area contributed by atoms with Crippen molar-refractivity contribution in [2.24, 2.45) is 10.8 Å². The van der Waals surface area contributed by atoms with Crippen LogP contribution in [0.5, 0.6) is 0 Å². The van der Waals surface area contributed by atoms with Gasteiger partial charge in [0.1, 0.15) is 0 Å². The van der Waals surface area contributed by atoms with Crippen LogP contribution in [-0.2, 0) is 23.9 Å². The fourth-order valence-electron chi connectivity index (χ4n) is 2.14. The van der Waals surface area contributed by atoms with Gasteiger partial charge in [-0.25, -0.2) is 0 Å². The Labute approximate surface area is 82.6 Å². The highest BCUT2D eigenvalue weighted by molar-refractivity contribution is 6.23. The lowest BCUT2D eigenvalue weighted by atomic mass is 9.47. The van der Waals surface area contributed by atoms with Crippen LogP contribution in [0.1, 0.15) is 12.8 Å². The van der Waals surface area contributed by atoms with E-state index in [2.05, 4.69) is 4.74 Å². The van der Waals surface area contributed by atoms with Crippen LogP contribution in [0.4, 0.5) is 0 Å². The van der Waals surface area contributed by atoms with Crippen molar-refractivity contribution in [1.29, 1.82) is 0 Å². The van der Waals surface area contributed by atoms with E-state index in [9.17, 15) is 19.2 Å². The average Bonchev–Trinajstić information content (AvgIpc) is 2.00. The van der Waals surface area contributed by atoms with Gasteiger partial charge in [0.15, 0.2) is 10.8 Å².